The first-order chi connectivity index (χ1) is 7.65. The van der Waals surface area contributed by atoms with E-state index >= 15 is 0 Å². The Morgan fingerprint density at radius 2 is 1.94 bits per heavy atom. The third kappa shape index (κ3) is 3.91. The van der Waals surface area contributed by atoms with E-state index < -0.39 is 6.43 Å². The van der Waals surface area contributed by atoms with Gasteiger partial charge in [0, 0.05) is 31.2 Å². The van der Waals surface area contributed by atoms with E-state index in [1.165, 1.54) is 12.1 Å². The van der Waals surface area contributed by atoms with Crippen LogP contribution in [0.3, 0.4) is 0 Å². The Kier molecular flexibility index (Phi) is 5.31. The minimum absolute atomic E-state index is 0. The smallest absolute Gasteiger partial charge is 0.263 e. The van der Waals surface area contributed by atoms with E-state index in [-0.39, 0.29) is 24.0 Å². The van der Waals surface area contributed by atoms with Gasteiger partial charge in [-0.2, -0.15) is 0 Å². The van der Waals surface area contributed by atoms with Crippen LogP contribution in [-0.4, -0.2) is 24.0 Å². The number of likely N-dealkylation sites (tertiary alicyclic amines) is 1. The number of halogens is 3. The lowest BCUT2D eigenvalue weighted by Crippen LogP contribution is -2.26. The van der Waals surface area contributed by atoms with E-state index in [2.05, 4.69) is 4.90 Å². The zero-order valence-electron chi connectivity index (χ0n) is 9.48. The summed E-state index contributed by atoms with van der Waals surface area (Å²) in [5.41, 5.74) is 6.95. The molecule has 1 aromatic rings. The van der Waals surface area contributed by atoms with Gasteiger partial charge in [-0.25, -0.2) is 8.78 Å². The van der Waals surface area contributed by atoms with Gasteiger partial charge in [-0.05, 0) is 12.0 Å². The van der Waals surface area contributed by atoms with Crippen molar-refractivity contribution < 1.29 is 8.78 Å². The molecule has 1 aliphatic rings. The summed E-state index contributed by atoms with van der Waals surface area (Å²) in [4.78, 5) is 2.25. The van der Waals surface area contributed by atoms with Crippen LogP contribution in [0.25, 0.3) is 0 Å². The summed E-state index contributed by atoms with van der Waals surface area (Å²) in [6, 6.07) is 6.79. The van der Waals surface area contributed by atoms with Gasteiger partial charge in [0.1, 0.15) is 0 Å². The number of alkyl halides is 2. The summed E-state index contributed by atoms with van der Waals surface area (Å²) >= 11 is 0. The number of benzene rings is 1. The van der Waals surface area contributed by atoms with Gasteiger partial charge in [0.25, 0.3) is 6.43 Å². The van der Waals surface area contributed by atoms with Gasteiger partial charge in [0.2, 0.25) is 0 Å². The molecule has 2 N–H and O–H groups in total. The zero-order valence-corrected chi connectivity index (χ0v) is 10.3. The topological polar surface area (TPSA) is 29.3 Å². The quantitative estimate of drug-likeness (QED) is 0.907. The number of nitrogens with two attached hydrogens (primary N) is 1. The van der Waals surface area contributed by atoms with E-state index in [9.17, 15) is 8.78 Å². The molecular formula is C12H17ClF2N2. The summed E-state index contributed by atoms with van der Waals surface area (Å²) in [5, 5.41) is 0. The fourth-order valence-corrected chi connectivity index (χ4v) is 2.03. The lowest BCUT2D eigenvalue weighted by Gasteiger charge is -2.15. The van der Waals surface area contributed by atoms with E-state index in [1.807, 2.05) is 0 Å². The number of hydrogen-bond acceptors (Lipinski definition) is 2. The molecule has 17 heavy (non-hydrogen) atoms. The van der Waals surface area contributed by atoms with Crippen LogP contribution in [0.1, 0.15) is 24.0 Å². The monoisotopic (exact) mass is 262 g/mol. The van der Waals surface area contributed by atoms with E-state index in [4.69, 9.17) is 5.73 Å². The van der Waals surface area contributed by atoms with Crippen molar-refractivity contribution in [1.29, 1.82) is 0 Å². The van der Waals surface area contributed by atoms with E-state index in [1.54, 1.807) is 12.1 Å². The first-order valence-electron chi connectivity index (χ1n) is 5.50. The first kappa shape index (κ1) is 14.4. The molecule has 96 valence electrons. The molecule has 1 saturated heterocycles. The maximum Gasteiger partial charge on any atom is 0.263 e. The minimum atomic E-state index is -2.38. The van der Waals surface area contributed by atoms with Crippen LogP contribution in [-0.2, 0) is 6.54 Å². The van der Waals surface area contributed by atoms with Crippen LogP contribution in [0.2, 0.25) is 0 Å². The molecule has 0 aromatic heterocycles. The molecule has 0 bridgehead atoms. The highest BCUT2D eigenvalue weighted by Crippen LogP contribution is 2.20. The predicted molar refractivity (Wildman–Crippen MR) is 66.5 cm³/mol. The van der Waals surface area contributed by atoms with Crippen molar-refractivity contribution in [2.24, 2.45) is 5.73 Å². The molecule has 0 saturated carbocycles. The standard InChI is InChI=1S/C12H16F2N2.ClH/c13-12(14)10-3-1-9(2-4-10)7-16-6-5-11(15)8-16;/h1-4,11-12H,5-8,15H2;1H/t11-;/m0./s1. The van der Waals surface area contributed by atoms with Gasteiger partial charge in [0.05, 0.1) is 0 Å². The van der Waals surface area contributed by atoms with Crippen LogP contribution < -0.4 is 5.73 Å². The highest BCUT2D eigenvalue weighted by Gasteiger charge is 2.18. The van der Waals surface area contributed by atoms with E-state index in [0.717, 1.165) is 31.6 Å². The Bertz CT molecular complexity index is 343. The van der Waals surface area contributed by atoms with Crippen molar-refractivity contribution in [3.05, 3.63) is 35.4 Å². The van der Waals surface area contributed by atoms with Gasteiger partial charge in [-0.1, -0.05) is 24.3 Å². The van der Waals surface area contributed by atoms with Crippen LogP contribution >= 0.6 is 12.4 Å². The molecule has 1 aliphatic heterocycles. The van der Waals surface area contributed by atoms with Crippen molar-refractivity contribution in [3.63, 3.8) is 0 Å². The summed E-state index contributed by atoms with van der Waals surface area (Å²) in [7, 11) is 0. The second kappa shape index (κ2) is 6.28. The minimum Gasteiger partial charge on any atom is -0.326 e. The molecule has 2 nitrogen and oxygen atoms in total. The SMILES string of the molecule is Cl.N[C@H]1CCN(Cc2ccc(C(F)F)cc2)C1. The summed E-state index contributed by atoms with van der Waals surface area (Å²) < 4.78 is 24.7. The van der Waals surface area contributed by atoms with E-state index in [0.29, 0.717) is 0 Å². The Morgan fingerprint density at radius 1 is 1.29 bits per heavy atom. The third-order valence-corrected chi connectivity index (χ3v) is 2.95. The molecule has 1 aromatic carbocycles. The molecule has 1 atom stereocenters. The molecule has 1 fully saturated rings. The molecule has 5 heteroatoms. The van der Waals surface area contributed by atoms with Gasteiger partial charge in [-0.15, -0.1) is 12.4 Å². The molecule has 0 aliphatic carbocycles. The zero-order chi connectivity index (χ0) is 11.5. The Labute approximate surface area is 106 Å². The second-order valence-electron chi connectivity index (χ2n) is 4.33. The lowest BCUT2D eigenvalue weighted by molar-refractivity contribution is 0.151. The number of nitrogens with zero attached hydrogens (tertiary/aromatic N) is 1. The van der Waals surface area contributed by atoms with Gasteiger partial charge in [-0.3, -0.25) is 4.90 Å². The van der Waals surface area contributed by atoms with Crippen LogP contribution in [0.15, 0.2) is 24.3 Å². The second-order valence-corrected chi connectivity index (χ2v) is 4.33. The predicted octanol–water partition coefficient (Wildman–Crippen LogP) is 2.58. The normalized spacial score (nSPS) is 20.6. The lowest BCUT2D eigenvalue weighted by atomic mass is 10.1. The molecule has 0 radical (unpaired) electrons. The average Bonchev–Trinajstić information content (AvgIpc) is 2.65. The van der Waals surface area contributed by atoms with Gasteiger partial charge < -0.3 is 5.73 Å². The molecule has 0 amide bonds. The average molecular weight is 263 g/mol. The van der Waals surface area contributed by atoms with Crippen molar-refractivity contribution >= 4 is 12.4 Å². The summed E-state index contributed by atoms with van der Waals surface area (Å²) in [6.07, 6.45) is -1.36. The first-order valence-corrected chi connectivity index (χ1v) is 5.50. The van der Waals surface area contributed by atoms with Crippen molar-refractivity contribution in [3.8, 4) is 0 Å². The molecule has 1 heterocycles. The van der Waals surface area contributed by atoms with Crippen LogP contribution in [0.4, 0.5) is 8.78 Å². The third-order valence-electron chi connectivity index (χ3n) is 2.95. The highest BCUT2D eigenvalue weighted by molar-refractivity contribution is 5.85. The van der Waals surface area contributed by atoms with Crippen molar-refractivity contribution in [2.75, 3.05) is 13.1 Å². The van der Waals surface area contributed by atoms with Crippen molar-refractivity contribution in [1.82, 2.24) is 4.90 Å². The van der Waals surface area contributed by atoms with Gasteiger partial charge >= 0.3 is 0 Å². The Morgan fingerprint density at radius 3 is 2.41 bits per heavy atom. The fraction of sp³-hybridized carbons (Fsp3) is 0.500. The largest absolute Gasteiger partial charge is 0.326 e. The fourth-order valence-electron chi connectivity index (χ4n) is 2.03. The summed E-state index contributed by atoms with van der Waals surface area (Å²) in [5.74, 6) is 0. The number of rotatable bonds is 3. The Balaban J connectivity index is 0.00000144. The Hall–Kier alpha value is -0.710. The number of hydrogen-bond donors (Lipinski definition) is 1. The molecule has 0 spiro atoms. The van der Waals surface area contributed by atoms with Crippen molar-refractivity contribution in [2.45, 2.75) is 25.4 Å². The maximum absolute atomic E-state index is 12.3. The molecule has 2 rings (SSSR count). The molecular weight excluding hydrogens is 246 g/mol. The van der Waals surface area contributed by atoms with Crippen LogP contribution in [0, 0.1) is 0 Å². The van der Waals surface area contributed by atoms with Crippen LogP contribution in [0.5, 0.6) is 0 Å². The maximum atomic E-state index is 12.3. The molecule has 0 unspecified atom stereocenters. The summed E-state index contributed by atoms with van der Waals surface area (Å²) in [6.45, 7) is 2.70. The van der Waals surface area contributed by atoms with Gasteiger partial charge in [0.15, 0.2) is 0 Å². The highest BCUT2D eigenvalue weighted by atomic mass is 35.5.